The van der Waals surface area contributed by atoms with Crippen LogP contribution in [0.1, 0.15) is 29.9 Å². The lowest BCUT2D eigenvalue weighted by Crippen LogP contribution is -2.50. The predicted octanol–water partition coefficient (Wildman–Crippen LogP) is 3.36. The van der Waals surface area contributed by atoms with Gasteiger partial charge in [-0.05, 0) is 30.5 Å². The second-order valence-corrected chi connectivity index (χ2v) is 5.80. The molecule has 0 spiro atoms. The van der Waals surface area contributed by atoms with Crippen molar-refractivity contribution < 1.29 is 0 Å². The number of aromatic nitrogens is 2. The van der Waals surface area contributed by atoms with Crippen LogP contribution in [0.2, 0.25) is 0 Å². The Kier molecular flexibility index (Phi) is 2.76. The van der Waals surface area contributed by atoms with Gasteiger partial charge in [0.15, 0.2) is 0 Å². The summed E-state index contributed by atoms with van der Waals surface area (Å²) < 4.78 is 0. The molecular formula is C18H17N3. The summed E-state index contributed by atoms with van der Waals surface area (Å²) >= 11 is 0. The van der Waals surface area contributed by atoms with Gasteiger partial charge in [0, 0.05) is 35.5 Å². The Morgan fingerprint density at radius 3 is 2.67 bits per heavy atom. The maximum Gasteiger partial charge on any atom is 0.0783 e. The summed E-state index contributed by atoms with van der Waals surface area (Å²) in [6, 6.07) is 14.5. The highest BCUT2D eigenvalue weighted by atomic mass is 14.8. The largest absolute Gasteiger partial charge is 0.321 e. The van der Waals surface area contributed by atoms with E-state index < -0.39 is 0 Å². The second kappa shape index (κ2) is 4.64. The van der Waals surface area contributed by atoms with Crippen molar-refractivity contribution in [2.45, 2.75) is 24.3 Å². The number of nitrogens with zero attached hydrogens (tertiary/aromatic N) is 2. The minimum absolute atomic E-state index is 0.341. The molecule has 2 aromatic heterocycles. The van der Waals surface area contributed by atoms with Crippen LogP contribution < -0.4 is 5.73 Å². The summed E-state index contributed by atoms with van der Waals surface area (Å²) in [4.78, 5) is 8.91. The van der Waals surface area contributed by atoms with Crippen molar-refractivity contribution in [2.75, 3.05) is 0 Å². The van der Waals surface area contributed by atoms with Gasteiger partial charge in [-0.2, -0.15) is 0 Å². The van der Waals surface area contributed by atoms with Gasteiger partial charge in [-0.25, -0.2) is 0 Å². The first kappa shape index (κ1) is 12.5. The quantitative estimate of drug-likeness (QED) is 0.780. The molecule has 1 aliphatic carbocycles. The minimum Gasteiger partial charge on any atom is -0.321 e. The van der Waals surface area contributed by atoms with E-state index in [2.05, 4.69) is 34.2 Å². The van der Waals surface area contributed by atoms with Crippen molar-refractivity contribution in [3.8, 4) is 0 Å². The fourth-order valence-corrected chi connectivity index (χ4v) is 3.41. The number of nitrogens with two attached hydrogens (primary N) is 1. The molecule has 0 aliphatic heterocycles. The van der Waals surface area contributed by atoms with E-state index in [4.69, 9.17) is 5.73 Å². The lowest BCUT2D eigenvalue weighted by Gasteiger charge is -2.47. The monoisotopic (exact) mass is 275 g/mol. The molecule has 0 bridgehead atoms. The number of rotatable bonds is 2. The normalized spacial score (nSPS) is 24.7. The van der Waals surface area contributed by atoms with Crippen LogP contribution in [0.15, 0.2) is 61.1 Å². The van der Waals surface area contributed by atoms with Crippen LogP contribution in [0.25, 0.3) is 10.9 Å². The van der Waals surface area contributed by atoms with Gasteiger partial charge in [0.25, 0.3) is 0 Å². The second-order valence-electron chi connectivity index (χ2n) is 5.80. The van der Waals surface area contributed by atoms with E-state index in [1.54, 1.807) is 0 Å². The molecule has 2 atom stereocenters. The summed E-state index contributed by atoms with van der Waals surface area (Å²) in [6.07, 6.45) is 7.66. The highest BCUT2D eigenvalue weighted by molar-refractivity contribution is 5.81. The Morgan fingerprint density at radius 2 is 1.90 bits per heavy atom. The Hall–Kier alpha value is -2.26. The Labute approximate surface area is 123 Å². The van der Waals surface area contributed by atoms with E-state index in [9.17, 15) is 0 Å². The smallest absolute Gasteiger partial charge is 0.0783 e. The van der Waals surface area contributed by atoms with E-state index in [-0.39, 0.29) is 5.54 Å². The van der Waals surface area contributed by atoms with Crippen molar-refractivity contribution in [3.63, 3.8) is 0 Å². The van der Waals surface area contributed by atoms with E-state index in [0.717, 1.165) is 29.3 Å². The Bertz CT molecular complexity index is 779. The summed E-state index contributed by atoms with van der Waals surface area (Å²) in [6.45, 7) is 0. The molecule has 0 saturated heterocycles. The average molecular weight is 275 g/mol. The first-order valence-electron chi connectivity index (χ1n) is 7.32. The molecule has 104 valence electrons. The van der Waals surface area contributed by atoms with Crippen LogP contribution in [-0.4, -0.2) is 9.97 Å². The van der Waals surface area contributed by atoms with Crippen molar-refractivity contribution in [1.82, 2.24) is 9.97 Å². The zero-order chi connectivity index (χ0) is 14.3. The third kappa shape index (κ3) is 1.85. The third-order valence-corrected chi connectivity index (χ3v) is 4.68. The van der Waals surface area contributed by atoms with Gasteiger partial charge < -0.3 is 5.73 Å². The first-order chi connectivity index (χ1) is 10.3. The molecule has 1 fully saturated rings. The van der Waals surface area contributed by atoms with Gasteiger partial charge >= 0.3 is 0 Å². The number of pyridine rings is 2. The molecule has 4 rings (SSSR count). The molecule has 1 aromatic carbocycles. The summed E-state index contributed by atoms with van der Waals surface area (Å²) in [5, 5.41) is 1.05. The van der Waals surface area contributed by atoms with Gasteiger partial charge in [-0.15, -0.1) is 0 Å². The van der Waals surface area contributed by atoms with Gasteiger partial charge in [0.1, 0.15) is 0 Å². The zero-order valence-electron chi connectivity index (χ0n) is 11.7. The van der Waals surface area contributed by atoms with Crippen LogP contribution in [0.5, 0.6) is 0 Å². The molecular weight excluding hydrogens is 258 g/mol. The molecule has 2 heterocycles. The molecule has 1 aliphatic rings. The van der Waals surface area contributed by atoms with Crippen LogP contribution in [-0.2, 0) is 5.54 Å². The van der Waals surface area contributed by atoms with Crippen molar-refractivity contribution in [2.24, 2.45) is 5.73 Å². The molecule has 2 N–H and O–H groups in total. The molecule has 0 radical (unpaired) electrons. The maximum absolute atomic E-state index is 6.79. The number of hydrogen-bond acceptors (Lipinski definition) is 3. The fraction of sp³-hybridized carbons (Fsp3) is 0.222. The lowest BCUT2D eigenvalue weighted by molar-refractivity contribution is 0.199. The fourth-order valence-electron chi connectivity index (χ4n) is 3.41. The van der Waals surface area contributed by atoms with E-state index in [0.29, 0.717) is 5.92 Å². The van der Waals surface area contributed by atoms with Crippen molar-refractivity contribution >= 4 is 10.9 Å². The summed E-state index contributed by atoms with van der Waals surface area (Å²) in [7, 11) is 0. The topological polar surface area (TPSA) is 51.8 Å². The lowest BCUT2D eigenvalue weighted by atomic mass is 9.61. The Morgan fingerprint density at radius 1 is 1.05 bits per heavy atom. The van der Waals surface area contributed by atoms with E-state index in [1.165, 1.54) is 5.56 Å². The van der Waals surface area contributed by atoms with E-state index >= 15 is 0 Å². The van der Waals surface area contributed by atoms with Gasteiger partial charge in [-0.1, -0.05) is 30.3 Å². The van der Waals surface area contributed by atoms with Gasteiger partial charge in [-0.3, -0.25) is 9.97 Å². The summed E-state index contributed by atoms with van der Waals surface area (Å²) in [5.41, 5.74) is 9.78. The van der Waals surface area contributed by atoms with Crippen LogP contribution in [0.4, 0.5) is 0 Å². The molecule has 21 heavy (non-hydrogen) atoms. The third-order valence-electron chi connectivity index (χ3n) is 4.68. The zero-order valence-corrected chi connectivity index (χ0v) is 11.7. The maximum atomic E-state index is 6.79. The summed E-state index contributed by atoms with van der Waals surface area (Å²) in [5.74, 6) is 0.341. The highest BCUT2D eigenvalue weighted by Crippen LogP contribution is 2.51. The molecule has 3 nitrogen and oxygen atoms in total. The molecule has 0 amide bonds. The van der Waals surface area contributed by atoms with Gasteiger partial charge in [0.05, 0.1) is 11.1 Å². The molecule has 2 unspecified atom stereocenters. The van der Waals surface area contributed by atoms with Crippen molar-refractivity contribution in [1.29, 1.82) is 0 Å². The molecule has 1 saturated carbocycles. The Balaban J connectivity index is 1.84. The predicted molar refractivity (Wildman–Crippen MR) is 83.8 cm³/mol. The molecule has 3 heteroatoms. The standard InChI is InChI=1S/C18H17N3/c19-18(9-8-15(18)13-5-2-1-3-6-13)16-12-20-11-14-7-4-10-21-17(14)16/h1-7,10-12,15H,8-9,19H2. The SMILES string of the molecule is NC1(c2cncc3cccnc23)CCC1c1ccccc1. The number of benzene rings is 1. The van der Waals surface area contributed by atoms with Crippen LogP contribution >= 0.6 is 0 Å². The first-order valence-corrected chi connectivity index (χ1v) is 7.32. The van der Waals surface area contributed by atoms with Gasteiger partial charge in [0.2, 0.25) is 0 Å². The molecule has 3 aromatic rings. The van der Waals surface area contributed by atoms with Crippen LogP contribution in [0, 0.1) is 0 Å². The van der Waals surface area contributed by atoms with Crippen LogP contribution in [0.3, 0.4) is 0 Å². The minimum atomic E-state index is -0.359. The highest BCUT2D eigenvalue weighted by Gasteiger charge is 2.46. The number of fused-ring (bicyclic) bond motifs is 1. The number of hydrogen-bond donors (Lipinski definition) is 1. The van der Waals surface area contributed by atoms with Crippen molar-refractivity contribution in [3.05, 3.63) is 72.2 Å². The van der Waals surface area contributed by atoms with E-state index in [1.807, 2.05) is 36.8 Å². The average Bonchev–Trinajstić information content (AvgIpc) is 2.53.